The Hall–Kier alpha value is 0.0200. The molecule has 0 aromatic carbocycles. The van der Waals surface area contributed by atoms with Crippen molar-refractivity contribution < 1.29 is 18.4 Å². The first-order valence-electron chi connectivity index (χ1n) is 7.56. The first-order chi connectivity index (χ1) is 10.3. The van der Waals surface area contributed by atoms with Gasteiger partial charge in [0.25, 0.3) is 0 Å². The van der Waals surface area contributed by atoms with Crippen molar-refractivity contribution in [3.8, 4) is 0 Å². The van der Waals surface area contributed by atoms with Gasteiger partial charge in [-0.05, 0) is 50.3 Å². The highest BCUT2D eigenvalue weighted by Gasteiger charge is 1.92. The number of rotatable bonds is 10. The van der Waals surface area contributed by atoms with Gasteiger partial charge in [-0.15, -0.1) is 0 Å². The number of hydrogen-bond donors (Lipinski definition) is 0. The summed E-state index contributed by atoms with van der Waals surface area (Å²) in [5.41, 5.74) is 0. The van der Waals surface area contributed by atoms with Crippen LogP contribution in [0.1, 0.15) is 55.4 Å². The zero-order chi connectivity index (χ0) is 17.4. The van der Waals surface area contributed by atoms with Gasteiger partial charge in [0.15, 0.2) is 0 Å². The van der Waals surface area contributed by atoms with Gasteiger partial charge in [0.2, 0.25) is 0 Å². The average molecular weight is 353 g/mol. The molecule has 0 aliphatic heterocycles. The lowest BCUT2D eigenvalue weighted by Gasteiger charge is -2.01. The summed E-state index contributed by atoms with van der Waals surface area (Å²) in [7, 11) is 0. The molecule has 0 N–H and O–H groups in total. The minimum Gasteiger partial charge on any atom is -0.221 e. The Labute approximate surface area is 145 Å². The smallest absolute Gasteiger partial charge is 0.0886 e. The molecule has 0 unspecified atom stereocenters. The second-order valence-corrected chi connectivity index (χ2v) is 6.96. The van der Waals surface area contributed by atoms with Crippen molar-refractivity contribution >= 4 is 24.1 Å². The fourth-order valence-electron chi connectivity index (χ4n) is 0.626. The molecule has 0 aliphatic carbocycles. The van der Waals surface area contributed by atoms with E-state index in [0.29, 0.717) is 11.8 Å². The molecule has 0 rings (SSSR count). The Kier molecular flexibility index (Phi) is 19.2. The Morgan fingerprint density at radius 1 is 0.591 bits per heavy atom. The van der Waals surface area contributed by atoms with Crippen molar-refractivity contribution in [1.82, 2.24) is 0 Å². The van der Waals surface area contributed by atoms with Gasteiger partial charge in [0.1, 0.15) is 0 Å². The molecule has 0 saturated heterocycles. The number of hydrogen-bond acceptors (Lipinski definition) is 6. The van der Waals surface area contributed by atoms with Crippen molar-refractivity contribution in [2.45, 2.75) is 67.6 Å². The molecule has 0 amide bonds. The van der Waals surface area contributed by atoms with E-state index in [0.717, 1.165) is 0 Å². The van der Waals surface area contributed by atoms with Crippen molar-refractivity contribution in [3.63, 3.8) is 0 Å². The summed E-state index contributed by atoms with van der Waals surface area (Å²) in [4.78, 5) is 9.67. The molecule has 0 heterocycles. The Balaban J connectivity index is 0. The highest BCUT2D eigenvalue weighted by atomic mass is 32.2. The molecule has 0 radical (unpaired) electrons. The van der Waals surface area contributed by atoms with E-state index < -0.39 is 0 Å². The fourth-order valence-corrected chi connectivity index (χ4v) is 1.88. The lowest BCUT2D eigenvalue weighted by Crippen LogP contribution is -1.98. The minimum absolute atomic E-state index is 0.120. The van der Waals surface area contributed by atoms with Gasteiger partial charge in [-0.3, -0.25) is 0 Å². The van der Waals surface area contributed by atoms with Crippen molar-refractivity contribution in [2.24, 2.45) is 11.8 Å². The third-order valence-corrected chi connectivity index (χ3v) is 2.43. The van der Waals surface area contributed by atoms with Gasteiger partial charge in [-0.1, -0.05) is 39.8 Å². The topological polar surface area (TPSA) is 36.9 Å². The SMILES string of the molecule is CC(C)/C=C/SOOC(C)C.CC(C)/C=C\SOOC(C)C. The van der Waals surface area contributed by atoms with Crippen LogP contribution in [0.25, 0.3) is 0 Å². The molecule has 0 fully saturated rings. The van der Waals surface area contributed by atoms with E-state index in [1.807, 2.05) is 50.7 Å². The molecule has 0 spiro atoms. The van der Waals surface area contributed by atoms with E-state index in [1.54, 1.807) is 0 Å². The predicted molar refractivity (Wildman–Crippen MR) is 97.8 cm³/mol. The Morgan fingerprint density at radius 3 is 1.14 bits per heavy atom. The van der Waals surface area contributed by atoms with Gasteiger partial charge in [0.05, 0.1) is 36.3 Å². The summed E-state index contributed by atoms with van der Waals surface area (Å²) in [5.74, 6) is 1.12. The third kappa shape index (κ3) is 28.2. The molecular formula is C16H32O4S2. The lowest BCUT2D eigenvalue weighted by atomic mass is 10.2. The Morgan fingerprint density at radius 2 is 0.909 bits per heavy atom. The second-order valence-electron chi connectivity index (χ2n) is 5.76. The van der Waals surface area contributed by atoms with Crippen LogP contribution in [0.5, 0.6) is 0 Å². The molecular weight excluding hydrogens is 320 g/mol. The van der Waals surface area contributed by atoms with Crippen LogP contribution in [0.3, 0.4) is 0 Å². The van der Waals surface area contributed by atoms with E-state index in [-0.39, 0.29) is 12.2 Å². The standard InChI is InChI=1S/2C8H16O2S/c2*1-7(2)5-6-11-10-9-8(3)4/h2*5-8H,1-4H3/b6-5+;6-5-. The van der Waals surface area contributed by atoms with E-state index in [2.05, 4.69) is 27.7 Å². The molecule has 0 bridgehead atoms. The van der Waals surface area contributed by atoms with Crippen LogP contribution >= 0.6 is 24.1 Å². The molecule has 132 valence electrons. The van der Waals surface area contributed by atoms with Gasteiger partial charge in [-0.25, -0.2) is 9.78 Å². The van der Waals surface area contributed by atoms with E-state index in [9.17, 15) is 0 Å². The average Bonchev–Trinajstić information content (AvgIpc) is 2.37. The summed E-state index contributed by atoms with van der Waals surface area (Å²) in [6.45, 7) is 16.1. The molecule has 0 atom stereocenters. The first kappa shape index (κ1) is 24.3. The molecule has 6 heteroatoms. The highest BCUT2D eigenvalue weighted by Crippen LogP contribution is 2.09. The molecule has 22 heavy (non-hydrogen) atoms. The summed E-state index contributed by atoms with van der Waals surface area (Å²) in [5, 5.41) is 3.76. The van der Waals surface area contributed by atoms with Crippen LogP contribution in [-0.4, -0.2) is 12.2 Å². The quantitative estimate of drug-likeness (QED) is 0.198. The van der Waals surface area contributed by atoms with E-state index >= 15 is 0 Å². The normalized spacial score (nSPS) is 12.2. The van der Waals surface area contributed by atoms with Crippen LogP contribution in [0.2, 0.25) is 0 Å². The predicted octanol–water partition coefficient (Wildman–Crippen LogP) is 6.32. The summed E-state index contributed by atoms with van der Waals surface area (Å²) in [6.07, 6.45) is 4.34. The van der Waals surface area contributed by atoms with Gasteiger partial charge in [-0.2, -0.15) is 8.67 Å². The fraction of sp³-hybridized carbons (Fsp3) is 0.750. The summed E-state index contributed by atoms with van der Waals surface area (Å²) < 4.78 is 9.55. The highest BCUT2D eigenvalue weighted by molar-refractivity contribution is 7.97. The van der Waals surface area contributed by atoms with E-state index in [4.69, 9.17) is 18.4 Å². The number of allylic oxidation sites excluding steroid dienone is 2. The van der Waals surface area contributed by atoms with E-state index in [1.165, 1.54) is 24.1 Å². The molecule has 0 aromatic rings. The van der Waals surface area contributed by atoms with Crippen LogP contribution in [0, 0.1) is 11.8 Å². The molecule has 4 nitrogen and oxygen atoms in total. The van der Waals surface area contributed by atoms with Gasteiger partial charge in [0, 0.05) is 0 Å². The maximum atomic E-state index is 4.84. The van der Waals surface area contributed by atoms with Crippen molar-refractivity contribution in [3.05, 3.63) is 23.0 Å². The molecule has 0 aromatic heterocycles. The third-order valence-electron chi connectivity index (χ3n) is 1.58. The Bertz CT molecular complexity index is 249. The zero-order valence-electron chi connectivity index (χ0n) is 15.1. The monoisotopic (exact) mass is 352 g/mol. The van der Waals surface area contributed by atoms with Crippen molar-refractivity contribution in [2.75, 3.05) is 0 Å². The maximum absolute atomic E-state index is 4.84. The van der Waals surface area contributed by atoms with Crippen LogP contribution in [0.4, 0.5) is 0 Å². The van der Waals surface area contributed by atoms with Gasteiger partial charge < -0.3 is 0 Å². The van der Waals surface area contributed by atoms with Crippen molar-refractivity contribution in [1.29, 1.82) is 0 Å². The molecule has 0 saturated carbocycles. The zero-order valence-corrected chi connectivity index (χ0v) is 16.7. The molecule has 0 aliphatic rings. The van der Waals surface area contributed by atoms with Crippen LogP contribution < -0.4 is 0 Å². The first-order valence-corrected chi connectivity index (χ1v) is 9.17. The summed E-state index contributed by atoms with van der Waals surface area (Å²) >= 11 is 2.41. The maximum Gasteiger partial charge on any atom is 0.0886 e. The van der Waals surface area contributed by atoms with Gasteiger partial charge >= 0.3 is 0 Å². The second kappa shape index (κ2) is 17.4. The minimum atomic E-state index is 0.120. The lowest BCUT2D eigenvalue weighted by molar-refractivity contribution is -0.219. The summed E-state index contributed by atoms with van der Waals surface area (Å²) in [6, 6.07) is 0. The van der Waals surface area contributed by atoms with Crippen LogP contribution in [-0.2, 0) is 18.4 Å². The largest absolute Gasteiger partial charge is 0.221 e. The van der Waals surface area contributed by atoms with Crippen LogP contribution in [0.15, 0.2) is 23.0 Å².